The van der Waals surface area contributed by atoms with E-state index in [0.29, 0.717) is 0 Å². The molecule has 2 aromatic rings. The Hall–Kier alpha value is -2.05. The molecule has 1 aromatic carbocycles. The molecular formula is C22H28N4OS. The van der Waals surface area contributed by atoms with Crippen LogP contribution in [-0.4, -0.2) is 40.5 Å². The number of hydrogen-bond acceptors (Lipinski definition) is 4. The number of thioether (sulfide) groups is 1. The topological polar surface area (TPSA) is 50.9 Å². The van der Waals surface area contributed by atoms with Gasteiger partial charge in [-0.1, -0.05) is 42.1 Å². The molecule has 0 spiro atoms. The minimum Gasteiger partial charge on any atom is -0.376 e. The number of nitrogens with one attached hydrogen (secondary N) is 1. The average Bonchev–Trinajstić information content (AvgIpc) is 3.34. The van der Waals surface area contributed by atoms with Crippen molar-refractivity contribution in [2.24, 2.45) is 10.1 Å². The summed E-state index contributed by atoms with van der Waals surface area (Å²) in [7, 11) is 0. The quantitative estimate of drug-likeness (QED) is 0.805. The lowest BCUT2D eigenvalue weighted by Gasteiger charge is -2.16. The van der Waals surface area contributed by atoms with Crippen molar-refractivity contribution in [2.75, 3.05) is 18.9 Å². The Kier molecular flexibility index (Phi) is 6.17. The van der Waals surface area contributed by atoms with Gasteiger partial charge >= 0.3 is 0 Å². The lowest BCUT2D eigenvalue weighted by molar-refractivity contribution is 0.118. The molecule has 1 saturated heterocycles. The molecule has 1 atom stereocenters. The SMILES string of the molecule is Cc1cc(C2=NNC(=NC[C@@H]3CCCO3)SC2)c(C)n1CCc1ccccc1. The monoisotopic (exact) mass is 396 g/mol. The third kappa shape index (κ3) is 4.50. The van der Waals surface area contributed by atoms with Gasteiger partial charge in [0, 0.05) is 35.9 Å². The number of hydrogen-bond donors (Lipinski definition) is 1. The highest BCUT2D eigenvalue weighted by molar-refractivity contribution is 8.14. The number of amidine groups is 1. The minimum absolute atomic E-state index is 0.281. The molecule has 2 aliphatic heterocycles. The van der Waals surface area contributed by atoms with Crippen LogP contribution in [-0.2, 0) is 17.7 Å². The van der Waals surface area contributed by atoms with Gasteiger partial charge in [0.1, 0.15) is 0 Å². The molecule has 1 fully saturated rings. The molecule has 1 N–H and O–H groups in total. The molecule has 4 rings (SSSR count). The zero-order chi connectivity index (χ0) is 19.3. The van der Waals surface area contributed by atoms with Crippen LogP contribution >= 0.6 is 11.8 Å². The summed E-state index contributed by atoms with van der Waals surface area (Å²) in [5.74, 6) is 0.848. The van der Waals surface area contributed by atoms with Crippen LogP contribution < -0.4 is 5.43 Å². The summed E-state index contributed by atoms with van der Waals surface area (Å²) < 4.78 is 8.04. The summed E-state index contributed by atoms with van der Waals surface area (Å²) in [5, 5.41) is 5.52. The van der Waals surface area contributed by atoms with Gasteiger partial charge in [0.05, 0.1) is 18.4 Å². The maximum atomic E-state index is 5.64. The molecule has 0 bridgehead atoms. The van der Waals surface area contributed by atoms with Gasteiger partial charge in [-0.25, -0.2) is 0 Å². The molecule has 0 amide bonds. The Morgan fingerprint density at radius 1 is 1.29 bits per heavy atom. The molecule has 5 nitrogen and oxygen atoms in total. The van der Waals surface area contributed by atoms with Gasteiger partial charge in [-0.3, -0.25) is 10.4 Å². The summed E-state index contributed by atoms with van der Waals surface area (Å²) in [6, 6.07) is 12.9. The minimum atomic E-state index is 0.281. The number of hydrazone groups is 1. The smallest absolute Gasteiger partial charge is 0.177 e. The molecule has 1 aromatic heterocycles. The van der Waals surface area contributed by atoms with E-state index in [1.807, 2.05) is 0 Å². The summed E-state index contributed by atoms with van der Waals surface area (Å²) in [5.41, 5.74) is 9.42. The highest BCUT2D eigenvalue weighted by Crippen LogP contribution is 2.21. The van der Waals surface area contributed by atoms with E-state index in [4.69, 9.17) is 4.74 Å². The van der Waals surface area contributed by atoms with Gasteiger partial charge in [0.15, 0.2) is 5.17 Å². The summed E-state index contributed by atoms with van der Waals surface area (Å²) in [4.78, 5) is 4.63. The van der Waals surface area contributed by atoms with E-state index in [0.717, 1.165) is 55.6 Å². The van der Waals surface area contributed by atoms with E-state index in [1.165, 1.54) is 22.5 Å². The first-order valence-electron chi connectivity index (χ1n) is 10.0. The molecule has 6 heteroatoms. The van der Waals surface area contributed by atoms with Crippen LogP contribution in [0.4, 0.5) is 0 Å². The van der Waals surface area contributed by atoms with Gasteiger partial charge in [0.25, 0.3) is 0 Å². The molecule has 0 radical (unpaired) electrons. The fourth-order valence-corrected chi connectivity index (χ4v) is 4.60. The Bertz CT molecular complexity index is 866. The van der Waals surface area contributed by atoms with E-state index in [1.54, 1.807) is 11.8 Å². The molecule has 0 saturated carbocycles. The van der Waals surface area contributed by atoms with Crippen molar-refractivity contribution in [1.82, 2.24) is 9.99 Å². The second-order valence-corrected chi connectivity index (χ2v) is 8.38. The normalized spacial score (nSPS) is 21.0. The highest BCUT2D eigenvalue weighted by Gasteiger charge is 2.20. The van der Waals surface area contributed by atoms with Gasteiger partial charge < -0.3 is 9.30 Å². The summed E-state index contributed by atoms with van der Waals surface area (Å²) in [6.07, 6.45) is 3.59. The number of rotatable bonds is 6. The number of aromatic nitrogens is 1. The fraction of sp³-hybridized carbons (Fsp3) is 0.455. The Labute approximate surface area is 171 Å². The molecule has 28 heavy (non-hydrogen) atoms. The van der Waals surface area contributed by atoms with Crippen LogP contribution in [0.5, 0.6) is 0 Å². The largest absolute Gasteiger partial charge is 0.376 e. The first kappa shape index (κ1) is 19.3. The van der Waals surface area contributed by atoms with Crippen molar-refractivity contribution in [3.05, 3.63) is 58.9 Å². The lowest BCUT2D eigenvalue weighted by atomic mass is 10.1. The summed E-state index contributed by atoms with van der Waals surface area (Å²) in [6.45, 7) is 6.97. The van der Waals surface area contributed by atoms with Crippen LogP contribution in [0.2, 0.25) is 0 Å². The number of aliphatic imine (C=N–C) groups is 1. The third-order valence-corrected chi connectivity index (χ3v) is 6.36. The van der Waals surface area contributed by atoms with Gasteiger partial charge in [0.2, 0.25) is 0 Å². The van der Waals surface area contributed by atoms with Crippen molar-refractivity contribution in [3.8, 4) is 0 Å². The van der Waals surface area contributed by atoms with Gasteiger partial charge in [-0.2, -0.15) is 5.10 Å². The Morgan fingerprint density at radius 3 is 2.86 bits per heavy atom. The first-order valence-corrected chi connectivity index (χ1v) is 11.0. The second kappa shape index (κ2) is 8.97. The van der Waals surface area contributed by atoms with Crippen molar-refractivity contribution >= 4 is 22.6 Å². The van der Waals surface area contributed by atoms with Gasteiger partial charge in [-0.15, -0.1) is 0 Å². The van der Waals surface area contributed by atoms with Crippen molar-refractivity contribution in [2.45, 2.75) is 45.8 Å². The maximum absolute atomic E-state index is 5.64. The van der Waals surface area contributed by atoms with Crippen LogP contribution in [0.1, 0.15) is 35.4 Å². The number of benzene rings is 1. The predicted molar refractivity (Wildman–Crippen MR) is 117 cm³/mol. The molecule has 0 aliphatic carbocycles. The maximum Gasteiger partial charge on any atom is 0.177 e. The van der Waals surface area contributed by atoms with E-state index in [-0.39, 0.29) is 6.10 Å². The van der Waals surface area contributed by atoms with Crippen LogP contribution in [0.25, 0.3) is 0 Å². The second-order valence-electron chi connectivity index (χ2n) is 7.41. The van der Waals surface area contributed by atoms with Crippen molar-refractivity contribution in [3.63, 3.8) is 0 Å². The van der Waals surface area contributed by atoms with Crippen LogP contribution in [0.15, 0.2) is 46.5 Å². The van der Waals surface area contributed by atoms with Crippen molar-refractivity contribution < 1.29 is 4.74 Å². The standard InChI is InChI=1S/C22H28N4OS/c1-16-13-20(17(2)26(16)11-10-18-7-4-3-5-8-18)21-15-28-22(25-24-21)23-14-19-9-6-12-27-19/h3-5,7-8,13,19H,6,9-12,14-15H2,1-2H3,(H,23,25)/t19-/m0/s1. The molecular weight excluding hydrogens is 368 g/mol. The molecule has 3 heterocycles. The van der Waals surface area contributed by atoms with E-state index < -0.39 is 0 Å². The van der Waals surface area contributed by atoms with Crippen molar-refractivity contribution in [1.29, 1.82) is 0 Å². The summed E-state index contributed by atoms with van der Waals surface area (Å²) >= 11 is 1.73. The van der Waals surface area contributed by atoms with Crippen LogP contribution in [0.3, 0.4) is 0 Å². The Morgan fingerprint density at radius 2 is 2.14 bits per heavy atom. The number of aryl methyl sites for hydroxylation is 2. The zero-order valence-corrected chi connectivity index (χ0v) is 17.5. The fourth-order valence-electron chi connectivity index (χ4n) is 3.83. The number of ether oxygens (including phenoxy) is 1. The molecule has 148 valence electrons. The third-order valence-electron chi connectivity index (χ3n) is 5.45. The average molecular weight is 397 g/mol. The lowest BCUT2D eigenvalue weighted by Crippen LogP contribution is -2.26. The predicted octanol–water partition coefficient (Wildman–Crippen LogP) is 3.92. The zero-order valence-electron chi connectivity index (χ0n) is 16.6. The van der Waals surface area contributed by atoms with Crippen LogP contribution in [0, 0.1) is 13.8 Å². The van der Waals surface area contributed by atoms with E-state index in [2.05, 4.69) is 70.3 Å². The first-order chi connectivity index (χ1) is 13.7. The Balaban J connectivity index is 1.41. The van der Waals surface area contributed by atoms with E-state index >= 15 is 0 Å². The highest BCUT2D eigenvalue weighted by atomic mass is 32.2. The number of nitrogens with zero attached hydrogens (tertiary/aromatic N) is 3. The molecule has 2 aliphatic rings. The van der Waals surface area contributed by atoms with Gasteiger partial charge in [-0.05, 0) is 44.7 Å². The van der Waals surface area contributed by atoms with E-state index in [9.17, 15) is 0 Å². The molecule has 0 unspecified atom stereocenters.